The molecule has 0 N–H and O–H groups in total. The van der Waals surface area contributed by atoms with Gasteiger partial charge in [-0.1, -0.05) is 243 Å². The number of rotatable bonds is 14. The first kappa shape index (κ1) is 43.1. The summed E-state index contributed by atoms with van der Waals surface area (Å²) in [5.74, 6) is 0. The average Bonchev–Trinajstić information content (AvgIpc) is 4.23. The van der Waals surface area contributed by atoms with E-state index < -0.39 is 0 Å². The van der Waals surface area contributed by atoms with Crippen LogP contribution in [0.5, 0.6) is 0 Å². The van der Waals surface area contributed by atoms with Crippen LogP contribution in [0.4, 0.5) is 0 Å². The third kappa shape index (κ3) is 13.8. The maximum Gasteiger partial charge on any atom is -0.0195 e. The summed E-state index contributed by atoms with van der Waals surface area (Å²) >= 11 is 1.50. The van der Waals surface area contributed by atoms with Crippen LogP contribution in [0.25, 0.3) is 0 Å². The number of benzene rings is 8. The minimum atomic E-state index is -0.348. The smallest absolute Gasteiger partial charge is 0.0195 e. The molecular formula is C54H52FeP4. The van der Waals surface area contributed by atoms with E-state index in [-0.39, 0.29) is 31.7 Å². The van der Waals surface area contributed by atoms with E-state index in [0.29, 0.717) is 0 Å². The fraction of sp³-hybridized carbons (Fsp3) is 0.111. The Hall–Kier alpha value is -4.00. The topological polar surface area (TPSA) is 0 Å². The summed E-state index contributed by atoms with van der Waals surface area (Å²) < 4.78 is 0. The van der Waals surface area contributed by atoms with E-state index in [1.54, 1.807) is 0 Å². The second-order valence-electron chi connectivity index (χ2n) is 13.8. The molecule has 8 aromatic carbocycles. The zero-order valence-electron chi connectivity index (χ0n) is 33.5. The summed E-state index contributed by atoms with van der Waals surface area (Å²) in [6.07, 6.45) is 4.83. The summed E-state index contributed by atoms with van der Waals surface area (Å²) in [6, 6.07) is 88.4. The van der Waals surface area contributed by atoms with Gasteiger partial charge in [0.05, 0.1) is 0 Å². The van der Waals surface area contributed by atoms with E-state index in [4.69, 9.17) is 0 Å². The Kier molecular flexibility index (Phi) is 17.8. The van der Waals surface area contributed by atoms with Crippen molar-refractivity contribution in [1.82, 2.24) is 0 Å². The van der Waals surface area contributed by atoms with E-state index in [1.165, 1.54) is 92.7 Å². The zero-order chi connectivity index (χ0) is 40.2. The monoisotopic (exact) mass is 880 g/mol. The summed E-state index contributed by atoms with van der Waals surface area (Å²) in [7, 11) is -1.39. The minimum Gasteiger partial charge on any atom is -0.0622 e. The van der Waals surface area contributed by atoms with Crippen LogP contribution >= 0.6 is 31.7 Å². The summed E-state index contributed by atoms with van der Waals surface area (Å²) in [4.78, 5) is 0. The predicted molar refractivity (Wildman–Crippen MR) is 265 cm³/mol. The third-order valence-corrected chi connectivity index (χ3v) is 21.1. The van der Waals surface area contributed by atoms with Crippen molar-refractivity contribution in [3.8, 4) is 0 Å². The number of hydrogen-bond donors (Lipinski definition) is 0. The maximum absolute atomic E-state index is 2.30. The molecular weight excluding hydrogens is 828 g/mol. The van der Waals surface area contributed by atoms with Gasteiger partial charge < -0.3 is 0 Å². The molecule has 0 saturated carbocycles. The fourth-order valence-corrected chi connectivity index (χ4v) is 17.6. The second-order valence-corrected chi connectivity index (χ2v) is 24.8. The molecule has 0 aliphatic carbocycles. The van der Waals surface area contributed by atoms with Crippen LogP contribution in [0.3, 0.4) is 0 Å². The predicted octanol–water partition coefficient (Wildman–Crippen LogP) is 11.4. The van der Waals surface area contributed by atoms with Gasteiger partial charge in [0, 0.05) is 0 Å². The Bertz CT molecular complexity index is 1810. The molecule has 59 heavy (non-hydrogen) atoms. The van der Waals surface area contributed by atoms with Gasteiger partial charge in [0.25, 0.3) is 0 Å². The van der Waals surface area contributed by atoms with E-state index >= 15 is 0 Å². The molecule has 5 heteroatoms. The largest absolute Gasteiger partial charge is 0.0622 e. The molecule has 0 atom stereocenters. The van der Waals surface area contributed by atoms with Crippen LogP contribution < -0.4 is 42.4 Å². The number of hydrogen-bond acceptors (Lipinski definition) is 0. The first-order chi connectivity index (χ1) is 29.3. The standard InChI is InChI=1S/2C26H24P2.C2H4.Fe/c2*1-5-13-23(14-6-1)27(24-15-7-2-8-16-24)21-22-28(25-17-9-3-10-18-25)26-19-11-4-12-20-26;1-2;/h2*1-20H,21-22H2;1-2H2;. The molecule has 9 rings (SSSR count). The van der Waals surface area contributed by atoms with Gasteiger partial charge in [0.15, 0.2) is 0 Å². The second kappa shape index (κ2) is 24.3. The van der Waals surface area contributed by atoms with Crippen LogP contribution in [-0.2, 0) is 15.0 Å². The molecule has 296 valence electrons. The van der Waals surface area contributed by atoms with Crippen molar-refractivity contribution in [2.75, 3.05) is 24.6 Å². The molecule has 1 heterocycles. The van der Waals surface area contributed by atoms with Gasteiger partial charge in [-0.2, -0.15) is 0 Å². The molecule has 0 spiro atoms. The van der Waals surface area contributed by atoms with Crippen LogP contribution in [0, 0.1) is 0 Å². The molecule has 1 aliphatic rings. The van der Waals surface area contributed by atoms with Crippen molar-refractivity contribution >= 4 is 74.1 Å². The van der Waals surface area contributed by atoms with E-state index in [2.05, 4.69) is 243 Å². The van der Waals surface area contributed by atoms with E-state index in [0.717, 1.165) is 0 Å². The molecule has 1 fully saturated rings. The molecule has 0 radical (unpaired) electrons. The van der Waals surface area contributed by atoms with Crippen molar-refractivity contribution in [2.45, 2.75) is 10.6 Å². The average molecular weight is 881 g/mol. The molecule has 1 aliphatic heterocycles. The SMILES string of the molecule is [CH2]1[CH2][Fe]1.c1ccc(P(CCP(c2ccccc2)c2ccccc2)c2ccccc2)cc1.c1ccc(P(CCP(c2ccccc2)c2ccccc2)c2ccccc2)cc1. The fourth-order valence-electron chi connectivity index (χ4n) is 6.89. The normalized spacial score (nSPS) is 11.9. The maximum atomic E-state index is 2.30. The Morgan fingerprint density at radius 1 is 0.220 bits per heavy atom. The summed E-state index contributed by atoms with van der Waals surface area (Å²) in [5, 5.41) is 14.8. The Morgan fingerprint density at radius 3 is 0.441 bits per heavy atom. The van der Waals surface area contributed by atoms with Crippen molar-refractivity contribution in [2.24, 2.45) is 0 Å². The Balaban J connectivity index is 0.000000167. The zero-order valence-corrected chi connectivity index (χ0v) is 38.2. The Morgan fingerprint density at radius 2 is 0.339 bits per heavy atom. The van der Waals surface area contributed by atoms with Gasteiger partial charge in [0.1, 0.15) is 0 Å². The van der Waals surface area contributed by atoms with Gasteiger partial charge >= 0.3 is 25.6 Å². The summed E-state index contributed by atoms with van der Waals surface area (Å²) in [5.41, 5.74) is 0. The van der Waals surface area contributed by atoms with Crippen molar-refractivity contribution in [3.05, 3.63) is 243 Å². The van der Waals surface area contributed by atoms with Crippen LogP contribution in [0.1, 0.15) is 0 Å². The van der Waals surface area contributed by atoms with Gasteiger partial charge in [-0.25, -0.2) is 0 Å². The van der Waals surface area contributed by atoms with Crippen molar-refractivity contribution in [1.29, 1.82) is 0 Å². The van der Waals surface area contributed by atoms with Crippen LogP contribution in [-0.4, -0.2) is 24.6 Å². The van der Waals surface area contributed by atoms with E-state index in [1.807, 2.05) is 0 Å². The minimum absolute atomic E-state index is 0.348. The van der Waals surface area contributed by atoms with Gasteiger partial charge in [-0.3, -0.25) is 0 Å². The third-order valence-electron chi connectivity index (χ3n) is 9.81. The van der Waals surface area contributed by atoms with Crippen LogP contribution in [0.15, 0.2) is 243 Å². The van der Waals surface area contributed by atoms with E-state index in [9.17, 15) is 0 Å². The molecule has 0 amide bonds. The molecule has 0 unspecified atom stereocenters. The molecule has 0 aromatic heterocycles. The Labute approximate surface area is 364 Å². The van der Waals surface area contributed by atoms with Crippen molar-refractivity contribution < 1.29 is 15.0 Å². The molecule has 0 bridgehead atoms. The van der Waals surface area contributed by atoms with Gasteiger partial charge in [-0.15, -0.1) is 0 Å². The first-order valence-electron chi connectivity index (χ1n) is 20.3. The first-order valence-corrected chi connectivity index (χ1v) is 28.0. The van der Waals surface area contributed by atoms with Gasteiger partial charge in [-0.05, 0) is 98.8 Å². The molecule has 8 aromatic rings. The van der Waals surface area contributed by atoms with Gasteiger partial charge in [0.2, 0.25) is 0 Å². The van der Waals surface area contributed by atoms with Crippen molar-refractivity contribution in [3.63, 3.8) is 0 Å². The van der Waals surface area contributed by atoms with Crippen LogP contribution in [0.2, 0.25) is 10.6 Å². The summed E-state index contributed by atoms with van der Waals surface area (Å²) in [6.45, 7) is 0. The quantitative estimate of drug-likeness (QED) is 0.0754. The molecule has 1 saturated heterocycles. The molecule has 0 nitrogen and oxygen atoms in total.